The van der Waals surface area contributed by atoms with Gasteiger partial charge in [-0.1, -0.05) is 26.0 Å². The molecule has 1 atom stereocenters. The zero-order valence-electron chi connectivity index (χ0n) is 13.5. The van der Waals surface area contributed by atoms with Crippen LogP contribution in [0.15, 0.2) is 24.3 Å². The normalized spacial score (nSPS) is 23.6. The lowest BCUT2D eigenvalue weighted by molar-refractivity contribution is -0.919. The molecule has 4 heteroatoms. The van der Waals surface area contributed by atoms with Crippen molar-refractivity contribution in [1.29, 1.82) is 0 Å². The SMILES string of the molecule is CC(C)c1ccc(N2C(=O)C[C@@H]([NH+]3CCCCC3)C2=O)cc1. The molecule has 2 aliphatic heterocycles. The van der Waals surface area contributed by atoms with E-state index in [9.17, 15) is 9.59 Å². The molecule has 2 amide bonds. The molecule has 0 aromatic heterocycles. The molecule has 2 heterocycles. The number of hydrogen-bond acceptors (Lipinski definition) is 2. The first-order valence-electron chi connectivity index (χ1n) is 8.39. The second-order valence-electron chi connectivity index (χ2n) is 6.79. The number of piperidine rings is 1. The first-order valence-corrected chi connectivity index (χ1v) is 8.39. The number of amides is 2. The van der Waals surface area contributed by atoms with Crippen molar-refractivity contribution in [3.05, 3.63) is 29.8 Å². The van der Waals surface area contributed by atoms with E-state index in [0.29, 0.717) is 12.3 Å². The molecule has 118 valence electrons. The van der Waals surface area contributed by atoms with Crippen molar-refractivity contribution < 1.29 is 14.5 Å². The Morgan fingerprint density at radius 2 is 1.68 bits per heavy atom. The van der Waals surface area contributed by atoms with Crippen LogP contribution in [-0.4, -0.2) is 30.9 Å². The number of imide groups is 1. The fourth-order valence-electron chi connectivity index (χ4n) is 3.58. The maximum atomic E-state index is 12.7. The molecule has 2 saturated heterocycles. The zero-order valence-corrected chi connectivity index (χ0v) is 13.5. The van der Waals surface area contributed by atoms with Gasteiger partial charge in [0.2, 0.25) is 5.91 Å². The second kappa shape index (κ2) is 6.21. The Balaban J connectivity index is 1.78. The van der Waals surface area contributed by atoms with Crippen LogP contribution in [-0.2, 0) is 9.59 Å². The van der Waals surface area contributed by atoms with Gasteiger partial charge in [0.1, 0.15) is 0 Å². The van der Waals surface area contributed by atoms with Crippen molar-refractivity contribution in [2.24, 2.45) is 0 Å². The van der Waals surface area contributed by atoms with Gasteiger partial charge in [-0.25, -0.2) is 4.90 Å². The third-order valence-corrected chi connectivity index (χ3v) is 4.95. The minimum absolute atomic E-state index is 0.0146. The number of likely N-dealkylation sites (tertiary alicyclic amines) is 1. The number of carbonyl (C=O) groups excluding carboxylic acids is 2. The predicted octanol–water partition coefficient (Wildman–Crippen LogP) is 1.51. The van der Waals surface area contributed by atoms with E-state index < -0.39 is 0 Å². The van der Waals surface area contributed by atoms with E-state index >= 15 is 0 Å². The molecule has 0 unspecified atom stereocenters. The third kappa shape index (κ3) is 2.80. The Hall–Kier alpha value is -1.68. The Labute approximate surface area is 132 Å². The molecule has 1 N–H and O–H groups in total. The summed E-state index contributed by atoms with van der Waals surface area (Å²) in [5.41, 5.74) is 1.94. The lowest BCUT2D eigenvalue weighted by Gasteiger charge is -2.27. The van der Waals surface area contributed by atoms with Crippen molar-refractivity contribution in [2.45, 2.75) is 51.5 Å². The molecule has 0 aliphatic carbocycles. The monoisotopic (exact) mass is 301 g/mol. The van der Waals surface area contributed by atoms with Gasteiger partial charge in [-0.05, 0) is 42.9 Å². The van der Waals surface area contributed by atoms with Gasteiger partial charge in [-0.15, -0.1) is 0 Å². The van der Waals surface area contributed by atoms with Gasteiger partial charge in [-0.3, -0.25) is 9.59 Å². The molecular weight excluding hydrogens is 276 g/mol. The van der Waals surface area contributed by atoms with Crippen molar-refractivity contribution in [3.63, 3.8) is 0 Å². The lowest BCUT2D eigenvalue weighted by atomic mass is 10.0. The average molecular weight is 301 g/mol. The molecule has 4 nitrogen and oxygen atoms in total. The predicted molar refractivity (Wildman–Crippen MR) is 86.0 cm³/mol. The Bertz CT molecular complexity index is 559. The quantitative estimate of drug-likeness (QED) is 0.860. The van der Waals surface area contributed by atoms with Crippen molar-refractivity contribution in [3.8, 4) is 0 Å². The van der Waals surface area contributed by atoms with Gasteiger partial charge in [0, 0.05) is 0 Å². The Kier molecular flexibility index (Phi) is 4.30. The highest BCUT2D eigenvalue weighted by Crippen LogP contribution is 2.24. The van der Waals surface area contributed by atoms with E-state index in [0.717, 1.165) is 31.6 Å². The first kappa shape index (κ1) is 15.2. The first-order chi connectivity index (χ1) is 10.6. The summed E-state index contributed by atoms with van der Waals surface area (Å²) in [6.07, 6.45) is 3.94. The second-order valence-corrected chi connectivity index (χ2v) is 6.79. The summed E-state index contributed by atoms with van der Waals surface area (Å²) >= 11 is 0. The largest absolute Gasteiger partial charge is 0.324 e. The number of rotatable bonds is 3. The minimum Gasteiger partial charge on any atom is -0.324 e. The van der Waals surface area contributed by atoms with E-state index in [1.54, 1.807) is 0 Å². The van der Waals surface area contributed by atoms with Gasteiger partial charge in [-0.2, -0.15) is 0 Å². The van der Waals surface area contributed by atoms with Gasteiger partial charge >= 0.3 is 0 Å². The molecule has 1 aromatic rings. The van der Waals surface area contributed by atoms with E-state index in [2.05, 4.69) is 13.8 Å². The molecule has 3 rings (SSSR count). The van der Waals surface area contributed by atoms with E-state index in [1.165, 1.54) is 21.8 Å². The van der Waals surface area contributed by atoms with Crippen LogP contribution in [0.25, 0.3) is 0 Å². The van der Waals surface area contributed by atoms with Gasteiger partial charge in [0.25, 0.3) is 5.91 Å². The van der Waals surface area contributed by atoms with E-state index in [4.69, 9.17) is 0 Å². The highest BCUT2D eigenvalue weighted by atomic mass is 16.2. The maximum Gasteiger partial charge on any atom is 0.292 e. The Morgan fingerprint density at radius 1 is 1.05 bits per heavy atom. The Morgan fingerprint density at radius 3 is 2.27 bits per heavy atom. The molecular formula is C18H25N2O2+. The molecule has 1 aromatic carbocycles. The highest BCUT2D eigenvalue weighted by molar-refractivity contribution is 6.21. The average Bonchev–Trinajstić information content (AvgIpc) is 2.83. The molecule has 0 radical (unpaired) electrons. The molecule has 0 saturated carbocycles. The van der Waals surface area contributed by atoms with Crippen LogP contribution in [0.2, 0.25) is 0 Å². The van der Waals surface area contributed by atoms with Crippen LogP contribution in [0.1, 0.15) is 51.0 Å². The van der Waals surface area contributed by atoms with Crippen LogP contribution in [0.5, 0.6) is 0 Å². The molecule has 0 spiro atoms. The molecule has 22 heavy (non-hydrogen) atoms. The highest BCUT2D eigenvalue weighted by Gasteiger charge is 2.45. The van der Waals surface area contributed by atoms with Gasteiger partial charge in [0.15, 0.2) is 6.04 Å². The van der Waals surface area contributed by atoms with Crippen LogP contribution in [0.3, 0.4) is 0 Å². The van der Waals surface area contributed by atoms with Crippen LogP contribution >= 0.6 is 0 Å². The molecule has 0 bridgehead atoms. The smallest absolute Gasteiger partial charge is 0.292 e. The van der Waals surface area contributed by atoms with Crippen LogP contribution < -0.4 is 9.80 Å². The topological polar surface area (TPSA) is 41.8 Å². The van der Waals surface area contributed by atoms with Gasteiger partial charge < -0.3 is 4.90 Å². The van der Waals surface area contributed by atoms with Crippen molar-refractivity contribution in [1.82, 2.24) is 0 Å². The van der Waals surface area contributed by atoms with Crippen LogP contribution in [0, 0.1) is 0 Å². The zero-order chi connectivity index (χ0) is 15.7. The maximum absolute atomic E-state index is 12.7. The summed E-state index contributed by atoms with van der Waals surface area (Å²) in [5, 5.41) is 0. The summed E-state index contributed by atoms with van der Waals surface area (Å²) in [6, 6.07) is 7.67. The van der Waals surface area contributed by atoms with Crippen LogP contribution in [0.4, 0.5) is 5.69 Å². The number of quaternary nitrogens is 1. The number of nitrogens with one attached hydrogen (secondary N) is 1. The number of benzene rings is 1. The number of hydrogen-bond donors (Lipinski definition) is 1. The van der Waals surface area contributed by atoms with Gasteiger partial charge in [0.05, 0.1) is 25.2 Å². The summed E-state index contributed by atoms with van der Waals surface area (Å²) in [4.78, 5) is 27.8. The molecule has 2 aliphatic rings. The summed E-state index contributed by atoms with van der Waals surface area (Å²) in [5.74, 6) is 0.383. The molecule has 2 fully saturated rings. The van der Waals surface area contributed by atoms with E-state index in [1.807, 2.05) is 24.3 Å². The van der Waals surface area contributed by atoms with Crippen molar-refractivity contribution >= 4 is 17.5 Å². The lowest BCUT2D eigenvalue weighted by Crippen LogP contribution is -3.17. The number of nitrogens with zero attached hydrogens (tertiary/aromatic N) is 1. The van der Waals surface area contributed by atoms with Crippen molar-refractivity contribution in [2.75, 3.05) is 18.0 Å². The number of anilines is 1. The number of carbonyl (C=O) groups is 2. The van der Waals surface area contributed by atoms with E-state index in [-0.39, 0.29) is 17.9 Å². The summed E-state index contributed by atoms with van der Waals surface area (Å²) in [6.45, 7) is 6.31. The fraction of sp³-hybridized carbons (Fsp3) is 0.556. The minimum atomic E-state index is -0.169. The fourth-order valence-corrected chi connectivity index (χ4v) is 3.58. The summed E-state index contributed by atoms with van der Waals surface area (Å²) < 4.78 is 0. The standard InChI is InChI=1S/C18H24N2O2/c1-13(2)14-6-8-15(9-7-14)20-17(21)12-16(18(20)22)19-10-4-3-5-11-19/h6-9,13,16H,3-5,10-12H2,1-2H3/p+1/t16-/m1/s1. The third-order valence-electron chi connectivity index (χ3n) is 4.95. The summed E-state index contributed by atoms with van der Waals surface area (Å²) in [7, 11) is 0.